The SMILES string of the molecule is Cc1nn(CC(=O)N2CCC(C(C)N3CCCC3)CC2)c(C)c1Cl. The molecule has 2 aliphatic rings. The van der Waals surface area contributed by atoms with E-state index in [9.17, 15) is 4.79 Å². The van der Waals surface area contributed by atoms with Gasteiger partial charge in [-0.2, -0.15) is 5.10 Å². The predicted octanol–water partition coefficient (Wildman–Crippen LogP) is 2.88. The number of aromatic nitrogens is 2. The van der Waals surface area contributed by atoms with Gasteiger partial charge in [-0.15, -0.1) is 0 Å². The van der Waals surface area contributed by atoms with Crippen molar-refractivity contribution in [2.45, 2.75) is 59.0 Å². The third-order valence-electron chi connectivity index (χ3n) is 5.87. The fraction of sp³-hybridized carbons (Fsp3) is 0.778. The Morgan fingerprint density at radius 1 is 1.21 bits per heavy atom. The first kappa shape index (κ1) is 17.7. The normalized spacial score (nSPS) is 21.4. The molecule has 0 radical (unpaired) electrons. The van der Waals surface area contributed by atoms with Gasteiger partial charge in [0.25, 0.3) is 0 Å². The van der Waals surface area contributed by atoms with Crippen molar-refractivity contribution >= 4 is 17.5 Å². The molecule has 3 heterocycles. The van der Waals surface area contributed by atoms with Gasteiger partial charge in [0, 0.05) is 19.1 Å². The van der Waals surface area contributed by atoms with Gasteiger partial charge in [-0.3, -0.25) is 9.48 Å². The molecule has 0 bridgehead atoms. The highest BCUT2D eigenvalue weighted by Crippen LogP contribution is 2.26. The highest BCUT2D eigenvalue weighted by molar-refractivity contribution is 6.31. The number of amides is 1. The molecule has 5 nitrogen and oxygen atoms in total. The predicted molar refractivity (Wildman–Crippen MR) is 96.3 cm³/mol. The van der Waals surface area contributed by atoms with Crippen LogP contribution in [0.25, 0.3) is 0 Å². The van der Waals surface area contributed by atoms with Crippen LogP contribution in [0.4, 0.5) is 0 Å². The summed E-state index contributed by atoms with van der Waals surface area (Å²) in [5.74, 6) is 0.875. The van der Waals surface area contributed by atoms with Crippen LogP contribution in [0.15, 0.2) is 0 Å². The van der Waals surface area contributed by atoms with Gasteiger partial charge in [-0.1, -0.05) is 11.6 Å². The van der Waals surface area contributed by atoms with Crippen LogP contribution >= 0.6 is 11.6 Å². The molecule has 0 spiro atoms. The summed E-state index contributed by atoms with van der Waals surface area (Å²) in [4.78, 5) is 17.2. The Hall–Kier alpha value is -1.07. The molecule has 0 aliphatic carbocycles. The van der Waals surface area contributed by atoms with Crippen molar-refractivity contribution in [3.63, 3.8) is 0 Å². The first-order valence-corrected chi connectivity index (χ1v) is 9.56. The summed E-state index contributed by atoms with van der Waals surface area (Å²) in [6.07, 6.45) is 4.91. The van der Waals surface area contributed by atoms with Crippen LogP contribution in [0, 0.1) is 19.8 Å². The fourth-order valence-electron chi connectivity index (χ4n) is 4.14. The van der Waals surface area contributed by atoms with E-state index in [1.165, 1.54) is 25.9 Å². The summed E-state index contributed by atoms with van der Waals surface area (Å²) in [5.41, 5.74) is 1.67. The van der Waals surface area contributed by atoms with Gasteiger partial charge in [-0.25, -0.2) is 0 Å². The molecule has 2 fully saturated rings. The van der Waals surface area contributed by atoms with Crippen molar-refractivity contribution < 1.29 is 4.79 Å². The molecule has 1 aromatic rings. The molecule has 1 amide bonds. The zero-order chi connectivity index (χ0) is 17.3. The van der Waals surface area contributed by atoms with Crippen molar-refractivity contribution in [2.75, 3.05) is 26.2 Å². The third kappa shape index (κ3) is 3.62. The number of aryl methyl sites for hydroxylation is 1. The van der Waals surface area contributed by atoms with E-state index in [0.717, 1.165) is 43.2 Å². The van der Waals surface area contributed by atoms with Crippen molar-refractivity contribution in [1.29, 1.82) is 0 Å². The third-order valence-corrected chi connectivity index (χ3v) is 6.42. The summed E-state index contributed by atoms with van der Waals surface area (Å²) in [6, 6.07) is 0.652. The number of likely N-dealkylation sites (tertiary alicyclic amines) is 2. The summed E-state index contributed by atoms with van der Waals surface area (Å²) in [5, 5.41) is 5.04. The standard InChI is InChI=1S/C18H29ClN4O/c1-13-18(19)15(3)23(20-13)12-17(24)22-10-6-16(7-11-22)14(2)21-8-4-5-9-21/h14,16H,4-12H2,1-3H3. The zero-order valence-electron chi connectivity index (χ0n) is 15.1. The maximum Gasteiger partial charge on any atom is 0.244 e. The molecule has 1 atom stereocenters. The Balaban J connectivity index is 1.52. The van der Waals surface area contributed by atoms with Gasteiger partial charge in [0.15, 0.2) is 0 Å². The largest absolute Gasteiger partial charge is 0.341 e. The highest BCUT2D eigenvalue weighted by Gasteiger charge is 2.30. The molecule has 0 saturated carbocycles. The van der Waals surface area contributed by atoms with Gasteiger partial charge in [0.1, 0.15) is 6.54 Å². The lowest BCUT2D eigenvalue weighted by molar-refractivity contribution is -0.133. The summed E-state index contributed by atoms with van der Waals surface area (Å²) >= 11 is 6.17. The molecule has 2 aliphatic heterocycles. The minimum atomic E-state index is 0.157. The average molecular weight is 353 g/mol. The fourth-order valence-corrected chi connectivity index (χ4v) is 4.27. The monoisotopic (exact) mass is 352 g/mol. The first-order valence-electron chi connectivity index (χ1n) is 9.18. The van der Waals surface area contributed by atoms with Crippen molar-refractivity contribution in [3.8, 4) is 0 Å². The van der Waals surface area contributed by atoms with Gasteiger partial charge in [0.2, 0.25) is 5.91 Å². The molecule has 1 unspecified atom stereocenters. The number of rotatable bonds is 4. The number of halogens is 1. The van der Waals surface area contributed by atoms with Crippen LogP contribution in [0.2, 0.25) is 5.02 Å². The van der Waals surface area contributed by atoms with E-state index in [1.54, 1.807) is 4.68 Å². The lowest BCUT2D eigenvalue weighted by Gasteiger charge is -2.38. The topological polar surface area (TPSA) is 41.4 Å². The summed E-state index contributed by atoms with van der Waals surface area (Å²) < 4.78 is 1.74. The summed E-state index contributed by atoms with van der Waals surface area (Å²) in [7, 11) is 0. The van der Waals surface area contributed by atoms with E-state index >= 15 is 0 Å². The van der Waals surface area contributed by atoms with Crippen molar-refractivity contribution in [3.05, 3.63) is 16.4 Å². The maximum absolute atomic E-state index is 12.6. The molecule has 6 heteroatoms. The second-order valence-corrected chi connectivity index (χ2v) is 7.72. The second-order valence-electron chi connectivity index (χ2n) is 7.34. The second kappa shape index (κ2) is 7.44. The van der Waals surface area contributed by atoms with E-state index in [0.29, 0.717) is 17.6 Å². The van der Waals surface area contributed by atoms with Crippen molar-refractivity contribution in [1.82, 2.24) is 19.6 Å². The number of hydrogen-bond acceptors (Lipinski definition) is 3. The Morgan fingerprint density at radius 2 is 1.83 bits per heavy atom. The van der Waals surface area contributed by atoms with Crippen LogP contribution < -0.4 is 0 Å². The van der Waals surface area contributed by atoms with Gasteiger partial charge < -0.3 is 9.80 Å². The van der Waals surface area contributed by atoms with Gasteiger partial charge in [-0.05, 0) is 65.5 Å². The number of hydrogen-bond donors (Lipinski definition) is 0. The summed E-state index contributed by atoms with van der Waals surface area (Å²) in [6.45, 7) is 10.7. The Kier molecular flexibility index (Phi) is 5.50. The Morgan fingerprint density at radius 3 is 2.38 bits per heavy atom. The minimum absolute atomic E-state index is 0.157. The van der Waals surface area contributed by atoms with Gasteiger partial charge >= 0.3 is 0 Å². The van der Waals surface area contributed by atoms with Gasteiger partial charge in [0.05, 0.1) is 16.4 Å². The number of piperidine rings is 1. The zero-order valence-corrected chi connectivity index (χ0v) is 15.8. The van der Waals surface area contributed by atoms with Crippen LogP contribution in [0.1, 0.15) is 44.0 Å². The molecule has 3 rings (SSSR count). The highest BCUT2D eigenvalue weighted by atomic mass is 35.5. The molecular formula is C18H29ClN4O. The Bertz CT molecular complexity index is 586. The molecular weight excluding hydrogens is 324 g/mol. The number of nitrogens with zero attached hydrogens (tertiary/aromatic N) is 4. The van der Waals surface area contributed by atoms with E-state index in [2.05, 4.69) is 16.9 Å². The maximum atomic E-state index is 12.6. The van der Waals surface area contributed by atoms with Crippen LogP contribution in [-0.4, -0.2) is 57.7 Å². The molecule has 2 saturated heterocycles. The molecule has 0 N–H and O–H groups in total. The first-order chi connectivity index (χ1) is 11.5. The molecule has 134 valence electrons. The van der Waals surface area contributed by atoms with Crippen LogP contribution in [0.3, 0.4) is 0 Å². The average Bonchev–Trinajstić information content (AvgIpc) is 3.20. The van der Waals surface area contributed by atoms with E-state index in [4.69, 9.17) is 11.6 Å². The van der Waals surface area contributed by atoms with Crippen LogP contribution in [0.5, 0.6) is 0 Å². The molecule has 1 aromatic heterocycles. The number of carbonyl (C=O) groups excluding carboxylic acids is 1. The smallest absolute Gasteiger partial charge is 0.244 e. The molecule has 0 aromatic carbocycles. The van der Waals surface area contributed by atoms with E-state index in [1.807, 2.05) is 18.7 Å². The van der Waals surface area contributed by atoms with Crippen LogP contribution in [-0.2, 0) is 11.3 Å². The minimum Gasteiger partial charge on any atom is -0.341 e. The lowest BCUT2D eigenvalue weighted by atomic mass is 9.89. The van der Waals surface area contributed by atoms with Crippen molar-refractivity contribution in [2.24, 2.45) is 5.92 Å². The quantitative estimate of drug-likeness (QED) is 0.836. The van der Waals surface area contributed by atoms with E-state index in [-0.39, 0.29) is 5.91 Å². The molecule has 24 heavy (non-hydrogen) atoms. The Labute approximate surface area is 149 Å². The lowest BCUT2D eigenvalue weighted by Crippen LogP contribution is -2.45. The number of carbonyl (C=O) groups is 1. The van der Waals surface area contributed by atoms with E-state index < -0.39 is 0 Å².